The number of rotatable bonds is 1. The molecule has 0 saturated carbocycles. The van der Waals surface area contributed by atoms with Crippen molar-refractivity contribution in [3.05, 3.63) is 34.6 Å². The van der Waals surface area contributed by atoms with E-state index in [0.717, 1.165) is 12.0 Å². The van der Waals surface area contributed by atoms with Crippen LogP contribution >= 0.6 is 0 Å². The standard InChI is InChI=1S/C12H14FSi/c1-8-6-9-10(7-8)12(14(2)3)5-4-11(9)13/h4-6H,7H2,1-3H3. The molecule has 2 rings (SSSR count). The zero-order chi connectivity index (χ0) is 10.3. The smallest absolute Gasteiger partial charge is 0.130 e. The molecule has 0 aromatic heterocycles. The maximum absolute atomic E-state index is 13.5. The molecule has 0 heterocycles. The van der Waals surface area contributed by atoms with Crippen LogP contribution in [0.4, 0.5) is 4.39 Å². The molecule has 1 radical (unpaired) electrons. The van der Waals surface area contributed by atoms with Gasteiger partial charge in [-0.1, -0.05) is 36.0 Å². The van der Waals surface area contributed by atoms with Crippen LogP contribution in [0.5, 0.6) is 0 Å². The molecule has 1 aliphatic carbocycles. The van der Waals surface area contributed by atoms with E-state index in [9.17, 15) is 4.39 Å². The van der Waals surface area contributed by atoms with Crippen molar-refractivity contribution in [1.82, 2.24) is 0 Å². The van der Waals surface area contributed by atoms with E-state index < -0.39 is 8.80 Å². The summed E-state index contributed by atoms with van der Waals surface area (Å²) in [6.45, 7) is 6.58. The Hall–Kier alpha value is -0.893. The van der Waals surface area contributed by atoms with Gasteiger partial charge in [0.15, 0.2) is 0 Å². The second-order valence-corrected chi connectivity index (χ2v) is 6.69. The minimum atomic E-state index is -0.476. The van der Waals surface area contributed by atoms with E-state index in [1.807, 2.05) is 12.1 Å². The minimum Gasteiger partial charge on any atom is -0.206 e. The van der Waals surface area contributed by atoms with E-state index in [1.165, 1.54) is 16.3 Å². The van der Waals surface area contributed by atoms with Crippen LogP contribution in [0.3, 0.4) is 0 Å². The molecule has 14 heavy (non-hydrogen) atoms. The molecule has 0 bridgehead atoms. The Balaban J connectivity index is 2.59. The highest BCUT2D eigenvalue weighted by Gasteiger charge is 2.19. The highest BCUT2D eigenvalue weighted by Crippen LogP contribution is 2.25. The highest BCUT2D eigenvalue weighted by atomic mass is 28.3. The first kappa shape index (κ1) is 9.65. The van der Waals surface area contributed by atoms with Gasteiger partial charge in [-0.2, -0.15) is 0 Å². The Morgan fingerprint density at radius 3 is 2.64 bits per heavy atom. The summed E-state index contributed by atoms with van der Waals surface area (Å²) in [6.07, 6.45) is 2.93. The summed E-state index contributed by atoms with van der Waals surface area (Å²) in [5.41, 5.74) is 3.35. The van der Waals surface area contributed by atoms with Crippen molar-refractivity contribution >= 4 is 20.1 Å². The van der Waals surface area contributed by atoms with Gasteiger partial charge in [-0.15, -0.1) is 0 Å². The molecule has 0 aliphatic heterocycles. The number of allylic oxidation sites excluding steroid dienone is 1. The lowest BCUT2D eigenvalue weighted by Gasteiger charge is -2.11. The van der Waals surface area contributed by atoms with Gasteiger partial charge >= 0.3 is 0 Å². The Bertz CT molecular complexity index is 405. The number of hydrogen-bond acceptors (Lipinski definition) is 0. The average molecular weight is 205 g/mol. The summed E-state index contributed by atoms with van der Waals surface area (Å²) < 4.78 is 13.5. The zero-order valence-corrected chi connectivity index (χ0v) is 9.82. The van der Waals surface area contributed by atoms with Crippen LogP contribution < -0.4 is 5.19 Å². The first-order valence-corrected chi connectivity index (χ1v) is 7.38. The molecular formula is C12H14FSi. The number of hydrogen-bond donors (Lipinski definition) is 0. The van der Waals surface area contributed by atoms with Gasteiger partial charge in [-0.25, -0.2) is 4.39 Å². The second-order valence-electron chi connectivity index (χ2n) is 4.15. The van der Waals surface area contributed by atoms with Crippen LogP contribution in [-0.2, 0) is 6.42 Å². The van der Waals surface area contributed by atoms with Gasteiger partial charge in [-0.3, -0.25) is 0 Å². The largest absolute Gasteiger partial charge is 0.206 e. The lowest BCUT2D eigenvalue weighted by Crippen LogP contribution is -2.27. The second kappa shape index (κ2) is 3.35. The van der Waals surface area contributed by atoms with Crippen molar-refractivity contribution in [2.75, 3.05) is 0 Å². The molecule has 1 aromatic rings. The van der Waals surface area contributed by atoms with Crippen molar-refractivity contribution in [2.24, 2.45) is 0 Å². The molecule has 0 N–H and O–H groups in total. The maximum Gasteiger partial charge on any atom is 0.130 e. The van der Waals surface area contributed by atoms with Gasteiger partial charge in [0, 0.05) is 5.56 Å². The summed E-state index contributed by atoms with van der Waals surface area (Å²) in [5.74, 6) is -0.0659. The van der Waals surface area contributed by atoms with E-state index in [1.54, 1.807) is 6.07 Å². The third-order valence-electron chi connectivity index (χ3n) is 2.69. The lowest BCUT2D eigenvalue weighted by atomic mass is 10.1. The van der Waals surface area contributed by atoms with Crippen molar-refractivity contribution in [1.29, 1.82) is 0 Å². The molecule has 0 unspecified atom stereocenters. The lowest BCUT2D eigenvalue weighted by molar-refractivity contribution is 0.624. The average Bonchev–Trinajstić information content (AvgIpc) is 2.47. The van der Waals surface area contributed by atoms with Crippen molar-refractivity contribution in [2.45, 2.75) is 26.4 Å². The quantitative estimate of drug-likeness (QED) is 0.618. The normalized spacial score (nSPS) is 14.5. The van der Waals surface area contributed by atoms with Crippen LogP contribution in [0.15, 0.2) is 17.7 Å². The monoisotopic (exact) mass is 205 g/mol. The first-order chi connectivity index (χ1) is 6.59. The molecule has 1 aliphatic rings. The topological polar surface area (TPSA) is 0 Å². The van der Waals surface area contributed by atoms with Gasteiger partial charge in [0.2, 0.25) is 0 Å². The van der Waals surface area contributed by atoms with Gasteiger partial charge in [0.05, 0.1) is 8.80 Å². The van der Waals surface area contributed by atoms with E-state index in [2.05, 4.69) is 20.0 Å². The van der Waals surface area contributed by atoms with Crippen LogP contribution in [0.25, 0.3) is 6.08 Å². The molecule has 1 aromatic carbocycles. The predicted octanol–water partition coefficient (Wildman–Crippen LogP) is 2.75. The van der Waals surface area contributed by atoms with Gasteiger partial charge < -0.3 is 0 Å². The van der Waals surface area contributed by atoms with Gasteiger partial charge in [0.1, 0.15) is 5.82 Å². The number of fused-ring (bicyclic) bond motifs is 1. The summed E-state index contributed by atoms with van der Waals surface area (Å²) in [6, 6.07) is 3.58. The molecule has 2 heteroatoms. The Labute approximate surface area is 86.1 Å². The van der Waals surface area contributed by atoms with Crippen LogP contribution in [-0.4, -0.2) is 8.80 Å². The molecule has 0 atom stereocenters. The Kier molecular flexibility index (Phi) is 2.31. The summed E-state index contributed by atoms with van der Waals surface area (Å²) in [4.78, 5) is 0. The zero-order valence-electron chi connectivity index (χ0n) is 8.82. The third kappa shape index (κ3) is 1.44. The van der Waals surface area contributed by atoms with Crippen LogP contribution in [0, 0.1) is 5.82 Å². The van der Waals surface area contributed by atoms with Crippen LogP contribution in [0.2, 0.25) is 13.1 Å². The highest BCUT2D eigenvalue weighted by molar-refractivity contribution is 6.71. The maximum atomic E-state index is 13.5. The third-order valence-corrected chi connectivity index (χ3v) is 4.23. The minimum absolute atomic E-state index is 0.0659. The van der Waals surface area contributed by atoms with E-state index >= 15 is 0 Å². The van der Waals surface area contributed by atoms with Crippen molar-refractivity contribution < 1.29 is 4.39 Å². The summed E-state index contributed by atoms with van der Waals surface area (Å²) in [5, 5.41) is 1.39. The first-order valence-electron chi connectivity index (χ1n) is 4.88. The molecule has 73 valence electrons. The van der Waals surface area contributed by atoms with Gasteiger partial charge in [-0.05, 0) is 25.0 Å². The Morgan fingerprint density at radius 2 is 2.00 bits per heavy atom. The molecule has 0 nitrogen and oxygen atoms in total. The van der Waals surface area contributed by atoms with Crippen molar-refractivity contribution in [3.63, 3.8) is 0 Å². The summed E-state index contributed by atoms with van der Waals surface area (Å²) >= 11 is 0. The Morgan fingerprint density at radius 1 is 1.29 bits per heavy atom. The summed E-state index contributed by atoms with van der Waals surface area (Å²) in [7, 11) is -0.476. The van der Waals surface area contributed by atoms with E-state index in [0.29, 0.717) is 0 Å². The fraction of sp³-hybridized carbons (Fsp3) is 0.333. The molecule has 0 spiro atoms. The van der Waals surface area contributed by atoms with Crippen LogP contribution in [0.1, 0.15) is 18.1 Å². The van der Waals surface area contributed by atoms with E-state index in [-0.39, 0.29) is 5.82 Å². The SMILES string of the molecule is CC1=Cc2c(F)ccc([Si](C)C)c2C1. The molecule has 0 amide bonds. The fourth-order valence-corrected chi connectivity index (χ4v) is 3.27. The number of benzene rings is 1. The predicted molar refractivity (Wildman–Crippen MR) is 60.9 cm³/mol. The van der Waals surface area contributed by atoms with Crippen molar-refractivity contribution in [3.8, 4) is 0 Å². The molecule has 0 saturated heterocycles. The molecule has 0 fully saturated rings. The fourth-order valence-electron chi connectivity index (χ4n) is 2.03. The number of halogens is 1. The van der Waals surface area contributed by atoms with E-state index in [4.69, 9.17) is 0 Å². The molecular weight excluding hydrogens is 191 g/mol. The van der Waals surface area contributed by atoms with Gasteiger partial charge in [0.25, 0.3) is 0 Å².